The van der Waals surface area contributed by atoms with Gasteiger partial charge in [-0.05, 0) is 19.4 Å². The minimum atomic E-state index is -5.72. The van der Waals surface area contributed by atoms with Gasteiger partial charge in [0.1, 0.15) is 12.2 Å². The normalized spacial score (nSPS) is 25.6. The Labute approximate surface area is 106 Å². The third kappa shape index (κ3) is 3.11. The van der Waals surface area contributed by atoms with Crippen LogP contribution in [-0.4, -0.2) is 42.8 Å². The maximum atomic E-state index is 13.0. The molecule has 1 saturated heterocycles. The first-order valence-corrected chi connectivity index (χ1v) is 5.39. The van der Waals surface area contributed by atoms with Gasteiger partial charge in [-0.2, -0.15) is 22.0 Å². The summed E-state index contributed by atoms with van der Waals surface area (Å²) in [6, 6.07) is 0. The summed E-state index contributed by atoms with van der Waals surface area (Å²) >= 11 is 0. The third-order valence-corrected chi connectivity index (χ3v) is 2.68. The summed E-state index contributed by atoms with van der Waals surface area (Å²) < 4.78 is 71.5. The predicted octanol–water partition coefficient (Wildman–Crippen LogP) is 2.50. The van der Waals surface area contributed by atoms with Crippen LogP contribution in [0.1, 0.15) is 13.8 Å². The lowest BCUT2D eigenvalue weighted by Crippen LogP contribution is -2.62. The highest BCUT2D eigenvalue weighted by molar-refractivity contribution is 5.97. The number of rotatable bonds is 5. The Bertz CT molecular complexity index is 377. The first-order chi connectivity index (χ1) is 8.48. The number of alkyl halides is 5. The SMILES string of the molecule is C=C(C)C(=O)C(C)OC1COC1C(F)(F)C(F)(F)F. The van der Waals surface area contributed by atoms with Crippen LogP contribution in [0.3, 0.4) is 0 Å². The molecule has 19 heavy (non-hydrogen) atoms. The number of Topliss-reactive ketones (excluding diaryl/α,β-unsaturated/α-hetero) is 1. The van der Waals surface area contributed by atoms with E-state index in [2.05, 4.69) is 11.3 Å². The van der Waals surface area contributed by atoms with E-state index in [4.69, 9.17) is 4.74 Å². The monoisotopic (exact) mass is 288 g/mol. The molecule has 0 N–H and O–H groups in total. The van der Waals surface area contributed by atoms with Crippen LogP contribution in [0.25, 0.3) is 0 Å². The largest absolute Gasteiger partial charge is 0.456 e. The standard InChI is InChI=1S/C11H13F5O3/c1-5(2)8(17)6(3)19-7-4-18-9(7)10(12,13)11(14,15)16/h6-7,9H,1,4H2,2-3H3. The van der Waals surface area contributed by atoms with Crippen LogP contribution in [0.5, 0.6) is 0 Å². The number of hydrogen-bond acceptors (Lipinski definition) is 3. The van der Waals surface area contributed by atoms with Crippen LogP contribution in [-0.2, 0) is 14.3 Å². The smallest absolute Gasteiger partial charge is 0.366 e. The zero-order chi connectivity index (χ0) is 15.0. The van der Waals surface area contributed by atoms with E-state index in [9.17, 15) is 26.7 Å². The van der Waals surface area contributed by atoms with Crippen molar-refractivity contribution in [2.24, 2.45) is 0 Å². The van der Waals surface area contributed by atoms with Gasteiger partial charge in [-0.25, -0.2) is 0 Å². The highest BCUT2D eigenvalue weighted by atomic mass is 19.4. The molecule has 3 unspecified atom stereocenters. The van der Waals surface area contributed by atoms with Crippen LogP contribution in [0, 0.1) is 0 Å². The first kappa shape index (κ1) is 16.0. The van der Waals surface area contributed by atoms with E-state index in [1.165, 1.54) is 13.8 Å². The summed E-state index contributed by atoms with van der Waals surface area (Å²) in [5.41, 5.74) is 0.131. The molecule has 3 atom stereocenters. The van der Waals surface area contributed by atoms with Gasteiger partial charge in [0.15, 0.2) is 11.9 Å². The maximum Gasteiger partial charge on any atom is 0.456 e. The van der Waals surface area contributed by atoms with Gasteiger partial charge < -0.3 is 9.47 Å². The number of ketones is 1. The van der Waals surface area contributed by atoms with Crippen molar-refractivity contribution in [3.8, 4) is 0 Å². The highest BCUT2D eigenvalue weighted by Gasteiger charge is 2.68. The fourth-order valence-electron chi connectivity index (χ4n) is 1.55. The number of carbonyl (C=O) groups excluding carboxylic acids is 1. The maximum absolute atomic E-state index is 13.0. The van der Waals surface area contributed by atoms with Crippen molar-refractivity contribution < 1.29 is 36.2 Å². The van der Waals surface area contributed by atoms with Gasteiger partial charge in [-0.1, -0.05) is 6.58 Å². The second kappa shape index (κ2) is 5.16. The Hall–Kier alpha value is -1.02. The minimum absolute atomic E-state index is 0.131. The molecular formula is C11H13F5O3. The summed E-state index contributed by atoms with van der Waals surface area (Å²) in [6.07, 6.45) is -10.8. The molecular weight excluding hydrogens is 275 g/mol. The fourth-order valence-corrected chi connectivity index (χ4v) is 1.55. The lowest BCUT2D eigenvalue weighted by Gasteiger charge is -2.42. The Balaban J connectivity index is 2.68. The highest BCUT2D eigenvalue weighted by Crippen LogP contribution is 2.44. The van der Waals surface area contributed by atoms with Gasteiger partial charge in [0.25, 0.3) is 0 Å². The van der Waals surface area contributed by atoms with Crippen molar-refractivity contribution in [1.82, 2.24) is 0 Å². The van der Waals surface area contributed by atoms with E-state index < -0.39 is 42.8 Å². The van der Waals surface area contributed by atoms with Crippen LogP contribution in [0.15, 0.2) is 12.2 Å². The number of ether oxygens (including phenoxy) is 2. The van der Waals surface area contributed by atoms with Gasteiger partial charge in [-0.15, -0.1) is 0 Å². The quantitative estimate of drug-likeness (QED) is 0.576. The summed E-state index contributed by atoms with van der Waals surface area (Å²) in [5.74, 6) is -5.57. The van der Waals surface area contributed by atoms with Crippen LogP contribution in [0.2, 0.25) is 0 Å². The number of carbonyl (C=O) groups is 1. The Kier molecular flexibility index (Phi) is 4.36. The molecule has 8 heteroatoms. The summed E-state index contributed by atoms with van der Waals surface area (Å²) in [7, 11) is 0. The summed E-state index contributed by atoms with van der Waals surface area (Å²) in [4.78, 5) is 11.4. The van der Waals surface area contributed by atoms with E-state index in [1.807, 2.05) is 0 Å². The molecule has 0 aromatic heterocycles. The molecule has 0 saturated carbocycles. The van der Waals surface area contributed by atoms with Crippen molar-refractivity contribution in [2.75, 3.05) is 6.61 Å². The lowest BCUT2D eigenvalue weighted by atomic mass is 10.0. The molecule has 0 aromatic carbocycles. The molecule has 0 bridgehead atoms. The summed E-state index contributed by atoms with van der Waals surface area (Å²) in [5, 5.41) is 0. The van der Waals surface area contributed by atoms with Crippen molar-refractivity contribution in [3.63, 3.8) is 0 Å². The van der Waals surface area contributed by atoms with Crippen LogP contribution in [0.4, 0.5) is 22.0 Å². The lowest BCUT2D eigenvalue weighted by molar-refractivity contribution is -0.364. The third-order valence-electron chi connectivity index (χ3n) is 2.68. The van der Waals surface area contributed by atoms with E-state index in [-0.39, 0.29) is 5.57 Å². The molecule has 1 aliphatic heterocycles. The molecule has 0 radical (unpaired) electrons. The molecule has 0 aliphatic carbocycles. The van der Waals surface area contributed by atoms with E-state index in [0.29, 0.717) is 0 Å². The molecule has 0 aromatic rings. The summed E-state index contributed by atoms with van der Waals surface area (Å²) in [6.45, 7) is 5.58. The number of hydrogen-bond donors (Lipinski definition) is 0. The van der Waals surface area contributed by atoms with Crippen molar-refractivity contribution in [3.05, 3.63) is 12.2 Å². The van der Waals surface area contributed by atoms with Gasteiger partial charge in [-0.3, -0.25) is 4.79 Å². The van der Waals surface area contributed by atoms with Crippen molar-refractivity contribution in [1.29, 1.82) is 0 Å². The second-order valence-electron chi connectivity index (χ2n) is 4.34. The minimum Gasteiger partial charge on any atom is -0.366 e. The predicted molar refractivity (Wildman–Crippen MR) is 54.9 cm³/mol. The fraction of sp³-hybridized carbons (Fsp3) is 0.727. The second-order valence-corrected chi connectivity index (χ2v) is 4.34. The Morgan fingerprint density at radius 1 is 1.37 bits per heavy atom. The molecule has 1 fully saturated rings. The van der Waals surface area contributed by atoms with Gasteiger partial charge >= 0.3 is 12.1 Å². The van der Waals surface area contributed by atoms with E-state index in [1.54, 1.807) is 0 Å². The van der Waals surface area contributed by atoms with E-state index >= 15 is 0 Å². The van der Waals surface area contributed by atoms with Crippen molar-refractivity contribution >= 4 is 5.78 Å². The molecule has 0 spiro atoms. The topological polar surface area (TPSA) is 35.5 Å². The first-order valence-electron chi connectivity index (χ1n) is 5.39. The molecule has 1 rings (SSSR count). The molecule has 110 valence electrons. The zero-order valence-corrected chi connectivity index (χ0v) is 10.3. The molecule has 3 nitrogen and oxygen atoms in total. The Morgan fingerprint density at radius 2 is 1.89 bits per heavy atom. The molecule has 0 amide bonds. The molecule has 1 aliphatic rings. The van der Waals surface area contributed by atoms with Crippen molar-refractivity contribution in [2.45, 2.75) is 44.3 Å². The van der Waals surface area contributed by atoms with E-state index in [0.717, 1.165) is 0 Å². The zero-order valence-electron chi connectivity index (χ0n) is 10.3. The Morgan fingerprint density at radius 3 is 2.21 bits per heavy atom. The molecule has 1 heterocycles. The van der Waals surface area contributed by atoms with Crippen LogP contribution >= 0.6 is 0 Å². The van der Waals surface area contributed by atoms with Gasteiger partial charge in [0.05, 0.1) is 6.61 Å². The van der Waals surface area contributed by atoms with Gasteiger partial charge in [0, 0.05) is 0 Å². The van der Waals surface area contributed by atoms with Crippen LogP contribution < -0.4 is 0 Å². The number of halogens is 5. The average molecular weight is 288 g/mol. The average Bonchev–Trinajstić information content (AvgIpc) is 2.20. The van der Waals surface area contributed by atoms with Gasteiger partial charge in [0.2, 0.25) is 0 Å².